The molecule has 2 aromatic rings. The van der Waals surface area contributed by atoms with Crippen molar-refractivity contribution in [2.24, 2.45) is 11.1 Å². The van der Waals surface area contributed by atoms with Crippen molar-refractivity contribution in [1.82, 2.24) is 9.97 Å². The van der Waals surface area contributed by atoms with Gasteiger partial charge in [-0.05, 0) is 43.0 Å². The fourth-order valence-electron chi connectivity index (χ4n) is 3.23. The topological polar surface area (TPSA) is 54.7 Å². The number of aromatic nitrogens is 2. The molecule has 0 atom stereocenters. The molecule has 1 aliphatic rings. The standard InChI is InChI=1S/C15H20FN3/c16-11-4-5-12-13(8-11)19-14(18-12)9-15(10-17)6-2-1-3-7-15/h4-5,8H,1-3,6-7,9-10,17H2,(H,18,19). The Morgan fingerprint density at radius 3 is 2.79 bits per heavy atom. The zero-order chi connectivity index (χ0) is 13.3. The molecule has 0 aliphatic heterocycles. The lowest BCUT2D eigenvalue weighted by atomic mass is 9.72. The van der Waals surface area contributed by atoms with Gasteiger partial charge in [-0.2, -0.15) is 0 Å². The van der Waals surface area contributed by atoms with Gasteiger partial charge in [-0.25, -0.2) is 9.37 Å². The summed E-state index contributed by atoms with van der Waals surface area (Å²) in [5, 5.41) is 0. The Bertz CT molecular complexity index is 570. The van der Waals surface area contributed by atoms with E-state index in [2.05, 4.69) is 9.97 Å². The molecule has 1 saturated carbocycles. The predicted molar refractivity (Wildman–Crippen MR) is 74.3 cm³/mol. The zero-order valence-electron chi connectivity index (χ0n) is 11.1. The summed E-state index contributed by atoms with van der Waals surface area (Å²) in [5.41, 5.74) is 7.80. The van der Waals surface area contributed by atoms with Crippen molar-refractivity contribution in [1.29, 1.82) is 0 Å². The van der Waals surface area contributed by atoms with Gasteiger partial charge < -0.3 is 10.7 Å². The highest BCUT2D eigenvalue weighted by molar-refractivity contribution is 5.74. The number of nitrogens with zero attached hydrogens (tertiary/aromatic N) is 1. The number of nitrogens with two attached hydrogens (primary N) is 1. The maximum absolute atomic E-state index is 13.2. The Morgan fingerprint density at radius 2 is 2.05 bits per heavy atom. The Kier molecular flexibility index (Phi) is 3.27. The summed E-state index contributed by atoms with van der Waals surface area (Å²) in [6, 6.07) is 4.68. The van der Waals surface area contributed by atoms with Gasteiger partial charge in [0.15, 0.2) is 0 Å². The van der Waals surface area contributed by atoms with Crippen LogP contribution in [-0.2, 0) is 6.42 Å². The van der Waals surface area contributed by atoms with E-state index in [-0.39, 0.29) is 11.2 Å². The zero-order valence-corrected chi connectivity index (χ0v) is 11.1. The lowest BCUT2D eigenvalue weighted by Crippen LogP contribution is -2.35. The van der Waals surface area contributed by atoms with Crippen LogP contribution >= 0.6 is 0 Å². The van der Waals surface area contributed by atoms with E-state index in [1.54, 1.807) is 6.07 Å². The fraction of sp³-hybridized carbons (Fsp3) is 0.533. The minimum atomic E-state index is -0.228. The van der Waals surface area contributed by atoms with Crippen LogP contribution in [0.4, 0.5) is 4.39 Å². The van der Waals surface area contributed by atoms with Gasteiger partial charge in [-0.3, -0.25) is 0 Å². The third-order valence-corrected chi connectivity index (χ3v) is 4.38. The number of rotatable bonds is 3. The summed E-state index contributed by atoms with van der Waals surface area (Å²) in [7, 11) is 0. The van der Waals surface area contributed by atoms with Gasteiger partial charge in [-0.1, -0.05) is 19.3 Å². The van der Waals surface area contributed by atoms with Crippen molar-refractivity contribution >= 4 is 11.0 Å². The third-order valence-electron chi connectivity index (χ3n) is 4.38. The van der Waals surface area contributed by atoms with Crippen LogP contribution in [-0.4, -0.2) is 16.5 Å². The molecule has 3 rings (SSSR count). The SMILES string of the molecule is NCC1(Cc2nc3ccc(F)cc3[nH]2)CCCCC1. The van der Waals surface area contributed by atoms with Crippen molar-refractivity contribution in [2.75, 3.05) is 6.54 Å². The van der Waals surface area contributed by atoms with Gasteiger partial charge in [0.1, 0.15) is 11.6 Å². The van der Waals surface area contributed by atoms with Crippen molar-refractivity contribution < 1.29 is 4.39 Å². The van der Waals surface area contributed by atoms with Crippen molar-refractivity contribution in [2.45, 2.75) is 38.5 Å². The molecule has 0 bridgehead atoms. The number of fused-ring (bicyclic) bond motifs is 1. The van der Waals surface area contributed by atoms with Crippen LogP contribution in [0, 0.1) is 11.2 Å². The average molecular weight is 261 g/mol. The molecular weight excluding hydrogens is 241 g/mol. The van der Waals surface area contributed by atoms with Crippen molar-refractivity contribution in [3.63, 3.8) is 0 Å². The van der Waals surface area contributed by atoms with E-state index in [4.69, 9.17) is 5.73 Å². The van der Waals surface area contributed by atoms with Gasteiger partial charge >= 0.3 is 0 Å². The Balaban J connectivity index is 1.87. The second-order valence-electron chi connectivity index (χ2n) is 5.79. The number of aromatic amines is 1. The Morgan fingerprint density at radius 1 is 1.26 bits per heavy atom. The molecular formula is C15H20FN3. The van der Waals surface area contributed by atoms with E-state index in [0.717, 1.165) is 23.3 Å². The maximum Gasteiger partial charge on any atom is 0.125 e. The van der Waals surface area contributed by atoms with Crippen LogP contribution < -0.4 is 5.73 Å². The van der Waals surface area contributed by atoms with Gasteiger partial charge in [0.2, 0.25) is 0 Å². The van der Waals surface area contributed by atoms with E-state index in [1.165, 1.54) is 44.2 Å². The van der Waals surface area contributed by atoms with Crippen LogP contribution in [0.25, 0.3) is 11.0 Å². The molecule has 3 N–H and O–H groups in total. The van der Waals surface area contributed by atoms with E-state index >= 15 is 0 Å². The lowest BCUT2D eigenvalue weighted by Gasteiger charge is -2.35. The number of nitrogens with one attached hydrogen (secondary N) is 1. The second kappa shape index (κ2) is 4.93. The number of H-pyrrole nitrogens is 1. The number of hydrogen-bond acceptors (Lipinski definition) is 2. The van der Waals surface area contributed by atoms with Crippen LogP contribution in [0.2, 0.25) is 0 Å². The Hall–Kier alpha value is -1.42. The first-order valence-corrected chi connectivity index (χ1v) is 7.05. The molecule has 1 aromatic heterocycles. The first kappa shape index (κ1) is 12.6. The second-order valence-corrected chi connectivity index (χ2v) is 5.79. The maximum atomic E-state index is 13.2. The normalized spacial score (nSPS) is 18.8. The van der Waals surface area contributed by atoms with Gasteiger partial charge in [-0.15, -0.1) is 0 Å². The number of halogens is 1. The molecule has 1 fully saturated rings. The molecule has 0 spiro atoms. The van der Waals surface area contributed by atoms with Crippen LogP contribution in [0.15, 0.2) is 18.2 Å². The highest BCUT2D eigenvalue weighted by Gasteiger charge is 2.31. The Labute approximate surface area is 112 Å². The average Bonchev–Trinajstić information content (AvgIpc) is 2.81. The molecule has 3 nitrogen and oxygen atoms in total. The van der Waals surface area contributed by atoms with Crippen molar-refractivity contribution in [3.05, 3.63) is 29.8 Å². The summed E-state index contributed by atoms with van der Waals surface area (Å²) in [5.74, 6) is 0.710. The molecule has 0 saturated heterocycles. The monoisotopic (exact) mass is 261 g/mol. The quantitative estimate of drug-likeness (QED) is 0.891. The van der Waals surface area contributed by atoms with Crippen molar-refractivity contribution in [3.8, 4) is 0 Å². The molecule has 0 unspecified atom stereocenters. The molecule has 102 valence electrons. The summed E-state index contributed by atoms with van der Waals surface area (Å²) >= 11 is 0. The summed E-state index contributed by atoms with van der Waals surface area (Å²) < 4.78 is 13.2. The minimum absolute atomic E-state index is 0.185. The van der Waals surface area contributed by atoms with Crippen LogP contribution in [0.1, 0.15) is 37.9 Å². The molecule has 1 heterocycles. The highest BCUT2D eigenvalue weighted by Crippen LogP contribution is 2.38. The first-order chi connectivity index (χ1) is 9.21. The lowest BCUT2D eigenvalue weighted by molar-refractivity contribution is 0.194. The molecule has 1 aliphatic carbocycles. The molecule has 0 amide bonds. The van der Waals surface area contributed by atoms with Gasteiger partial charge in [0, 0.05) is 6.42 Å². The van der Waals surface area contributed by atoms with Gasteiger partial charge in [0.05, 0.1) is 11.0 Å². The van der Waals surface area contributed by atoms with Crippen LogP contribution in [0.5, 0.6) is 0 Å². The number of benzene rings is 1. The molecule has 4 heteroatoms. The number of imidazole rings is 1. The van der Waals surface area contributed by atoms with E-state index < -0.39 is 0 Å². The molecule has 0 radical (unpaired) electrons. The minimum Gasteiger partial charge on any atom is -0.342 e. The van der Waals surface area contributed by atoms with E-state index in [9.17, 15) is 4.39 Å². The third kappa shape index (κ3) is 2.50. The molecule has 19 heavy (non-hydrogen) atoms. The number of hydrogen-bond donors (Lipinski definition) is 2. The summed E-state index contributed by atoms with van der Waals surface area (Å²) in [4.78, 5) is 7.80. The molecule has 1 aromatic carbocycles. The largest absolute Gasteiger partial charge is 0.342 e. The van der Waals surface area contributed by atoms with Gasteiger partial charge in [0.25, 0.3) is 0 Å². The van der Waals surface area contributed by atoms with E-state index in [0.29, 0.717) is 6.54 Å². The fourth-order valence-corrected chi connectivity index (χ4v) is 3.23. The summed E-state index contributed by atoms with van der Waals surface area (Å²) in [6.07, 6.45) is 7.05. The van der Waals surface area contributed by atoms with E-state index in [1.807, 2.05) is 0 Å². The summed E-state index contributed by atoms with van der Waals surface area (Å²) in [6.45, 7) is 0.707. The smallest absolute Gasteiger partial charge is 0.125 e. The van der Waals surface area contributed by atoms with Crippen LogP contribution in [0.3, 0.4) is 0 Å². The first-order valence-electron chi connectivity index (χ1n) is 7.05. The highest BCUT2D eigenvalue weighted by atomic mass is 19.1. The predicted octanol–water partition coefficient (Wildman–Crippen LogP) is 3.15.